The smallest absolute Gasteiger partial charge is 0.243 e. The number of nitrogens with one attached hydrogen (secondary N) is 2. The molecule has 1 heterocycles. The van der Waals surface area contributed by atoms with Crippen LogP contribution in [0.3, 0.4) is 0 Å². The van der Waals surface area contributed by atoms with Gasteiger partial charge in [0.15, 0.2) is 0 Å². The molecule has 0 bridgehead atoms. The van der Waals surface area contributed by atoms with Gasteiger partial charge >= 0.3 is 0 Å². The molecule has 1 saturated heterocycles. The van der Waals surface area contributed by atoms with Crippen molar-refractivity contribution in [1.29, 1.82) is 0 Å². The van der Waals surface area contributed by atoms with E-state index in [2.05, 4.69) is 10.6 Å². The van der Waals surface area contributed by atoms with Crippen LogP contribution >= 0.6 is 0 Å². The maximum absolute atomic E-state index is 13.1. The lowest BCUT2D eigenvalue weighted by Gasteiger charge is -2.22. The number of methoxy groups -OCH3 is 2. The van der Waals surface area contributed by atoms with E-state index in [9.17, 15) is 14.4 Å². The van der Waals surface area contributed by atoms with Crippen molar-refractivity contribution in [3.63, 3.8) is 0 Å². The molecule has 1 saturated carbocycles. The molecule has 33 heavy (non-hydrogen) atoms. The van der Waals surface area contributed by atoms with E-state index < -0.39 is 12.0 Å². The quantitative estimate of drug-likeness (QED) is 0.608. The summed E-state index contributed by atoms with van der Waals surface area (Å²) >= 11 is 0. The summed E-state index contributed by atoms with van der Waals surface area (Å²) in [5, 5.41) is 5.88. The van der Waals surface area contributed by atoms with Gasteiger partial charge in [-0.15, -0.1) is 0 Å². The van der Waals surface area contributed by atoms with Crippen LogP contribution in [0, 0.1) is 5.92 Å². The summed E-state index contributed by atoms with van der Waals surface area (Å²) in [5.41, 5.74) is 1.52. The number of carbonyl (C=O) groups is 3. The average molecular weight is 452 g/mol. The third-order valence-electron chi connectivity index (χ3n) is 6.01. The van der Waals surface area contributed by atoms with E-state index in [0.29, 0.717) is 23.6 Å². The predicted octanol–water partition coefficient (Wildman–Crippen LogP) is 2.06. The molecule has 8 heteroatoms. The van der Waals surface area contributed by atoms with Gasteiger partial charge in [-0.3, -0.25) is 14.4 Å². The number of anilines is 1. The number of nitrogens with zero attached hydrogens (tertiary/aromatic N) is 1. The summed E-state index contributed by atoms with van der Waals surface area (Å²) in [4.78, 5) is 40.3. The Bertz CT molecular complexity index is 1020. The third kappa shape index (κ3) is 5.45. The van der Waals surface area contributed by atoms with Gasteiger partial charge in [-0.05, 0) is 30.5 Å². The maximum Gasteiger partial charge on any atom is 0.243 e. The molecule has 2 N–H and O–H groups in total. The van der Waals surface area contributed by atoms with E-state index in [4.69, 9.17) is 9.47 Å². The van der Waals surface area contributed by atoms with Crippen LogP contribution in [0.1, 0.15) is 24.8 Å². The fraction of sp³-hybridized carbons (Fsp3) is 0.400. The number of hydrogen-bond acceptors (Lipinski definition) is 5. The van der Waals surface area contributed by atoms with Crippen LogP contribution in [-0.2, 0) is 20.8 Å². The van der Waals surface area contributed by atoms with E-state index in [1.54, 1.807) is 30.2 Å². The standard InChI is InChI=1S/C25H29N3O5/c1-32-19-10-11-22(33-2)21(14-19)28-15-17(13-23(28)29)24(30)27-20(25(31)26-18-8-9-18)12-16-6-4-3-5-7-16/h3-7,10-11,14,17-18,20H,8-9,12-13,15H2,1-2H3,(H,26,31)(H,27,30). The average Bonchev–Trinajstić information content (AvgIpc) is 3.56. The molecule has 2 unspecified atom stereocenters. The summed E-state index contributed by atoms with van der Waals surface area (Å²) in [6.45, 7) is 0.205. The van der Waals surface area contributed by atoms with E-state index in [1.807, 2.05) is 30.3 Å². The predicted molar refractivity (Wildman–Crippen MR) is 123 cm³/mol. The van der Waals surface area contributed by atoms with Gasteiger partial charge in [-0.1, -0.05) is 30.3 Å². The van der Waals surface area contributed by atoms with E-state index in [-0.39, 0.29) is 36.7 Å². The van der Waals surface area contributed by atoms with Crippen LogP contribution in [-0.4, -0.2) is 50.6 Å². The molecule has 0 radical (unpaired) electrons. The Balaban J connectivity index is 1.47. The molecular formula is C25H29N3O5. The van der Waals surface area contributed by atoms with Crippen molar-refractivity contribution in [3.05, 3.63) is 54.1 Å². The molecule has 0 spiro atoms. The van der Waals surface area contributed by atoms with Crippen molar-refractivity contribution < 1.29 is 23.9 Å². The lowest BCUT2D eigenvalue weighted by atomic mass is 10.0. The molecule has 2 fully saturated rings. The summed E-state index contributed by atoms with van der Waals surface area (Å²) < 4.78 is 10.7. The highest BCUT2D eigenvalue weighted by atomic mass is 16.5. The minimum absolute atomic E-state index is 0.0640. The van der Waals surface area contributed by atoms with Gasteiger partial charge in [0.2, 0.25) is 17.7 Å². The fourth-order valence-electron chi connectivity index (χ4n) is 4.00. The zero-order chi connectivity index (χ0) is 23.4. The molecular weight excluding hydrogens is 422 g/mol. The van der Waals surface area contributed by atoms with Crippen LogP contribution in [0.4, 0.5) is 5.69 Å². The lowest BCUT2D eigenvalue weighted by molar-refractivity contribution is -0.131. The molecule has 2 atom stereocenters. The Kier molecular flexibility index (Phi) is 6.82. The van der Waals surface area contributed by atoms with Crippen molar-refractivity contribution >= 4 is 23.4 Å². The molecule has 174 valence electrons. The highest BCUT2D eigenvalue weighted by molar-refractivity contribution is 6.02. The normalized spacial score (nSPS) is 18.5. The lowest BCUT2D eigenvalue weighted by Crippen LogP contribution is -2.50. The molecule has 8 nitrogen and oxygen atoms in total. The largest absolute Gasteiger partial charge is 0.497 e. The van der Waals surface area contributed by atoms with Gasteiger partial charge in [-0.25, -0.2) is 0 Å². The monoisotopic (exact) mass is 451 g/mol. The van der Waals surface area contributed by atoms with Gasteiger partial charge < -0.3 is 25.0 Å². The van der Waals surface area contributed by atoms with E-state index >= 15 is 0 Å². The van der Waals surface area contributed by atoms with E-state index in [0.717, 1.165) is 18.4 Å². The Morgan fingerprint density at radius 2 is 1.85 bits per heavy atom. The summed E-state index contributed by atoms with van der Waals surface area (Å²) in [6.07, 6.45) is 2.38. The Labute approximate surface area is 193 Å². The topological polar surface area (TPSA) is 97.0 Å². The van der Waals surface area contributed by atoms with Gasteiger partial charge in [0, 0.05) is 31.5 Å². The summed E-state index contributed by atoms with van der Waals surface area (Å²) in [6, 6.07) is 14.3. The zero-order valence-electron chi connectivity index (χ0n) is 18.9. The van der Waals surface area contributed by atoms with Crippen molar-refractivity contribution in [2.45, 2.75) is 37.8 Å². The van der Waals surface area contributed by atoms with Crippen molar-refractivity contribution in [1.82, 2.24) is 10.6 Å². The first-order valence-electron chi connectivity index (χ1n) is 11.2. The minimum Gasteiger partial charge on any atom is -0.497 e. The number of amides is 3. The van der Waals surface area contributed by atoms with Crippen LogP contribution < -0.4 is 25.0 Å². The molecule has 3 amide bonds. The first-order valence-corrected chi connectivity index (χ1v) is 11.2. The molecule has 1 aliphatic carbocycles. The highest BCUT2D eigenvalue weighted by Crippen LogP contribution is 2.36. The Morgan fingerprint density at radius 1 is 1.09 bits per heavy atom. The van der Waals surface area contributed by atoms with Crippen LogP contribution in [0.25, 0.3) is 0 Å². The molecule has 1 aliphatic heterocycles. The number of carbonyl (C=O) groups excluding carboxylic acids is 3. The summed E-state index contributed by atoms with van der Waals surface area (Å²) in [5.74, 6) is -0.128. The third-order valence-corrected chi connectivity index (χ3v) is 6.01. The number of hydrogen-bond donors (Lipinski definition) is 2. The van der Waals surface area contributed by atoms with Crippen molar-refractivity contribution in [2.24, 2.45) is 5.92 Å². The minimum atomic E-state index is -0.698. The molecule has 2 aromatic carbocycles. The zero-order valence-corrected chi connectivity index (χ0v) is 18.9. The van der Waals surface area contributed by atoms with Gasteiger partial charge in [0.1, 0.15) is 17.5 Å². The second-order valence-corrected chi connectivity index (χ2v) is 8.48. The maximum atomic E-state index is 13.1. The second kappa shape index (κ2) is 9.94. The Hall–Kier alpha value is -3.55. The van der Waals surface area contributed by atoms with Crippen LogP contribution in [0.2, 0.25) is 0 Å². The first kappa shape index (κ1) is 22.6. The van der Waals surface area contributed by atoms with Gasteiger partial charge in [0.25, 0.3) is 0 Å². The van der Waals surface area contributed by atoms with E-state index in [1.165, 1.54) is 7.11 Å². The molecule has 2 aromatic rings. The number of ether oxygens (including phenoxy) is 2. The molecule has 2 aliphatic rings. The fourth-order valence-corrected chi connectivity index (χ4v) is 4.00. The highest BCUT2D eigenvalue weighted by Gasteiger charge is 2.38. The van der Waals surface area contributed by atoms with Crippen molar-refractivity contribution in [2.75, 3.05) is 25.7 Å². The summed E-state index contributed by atoms with van der Waals surface area (Å²) in [7, 11) is 3.08. The SMILES string of the molecule is COc1ccc(OC)c(N2CC(C(=O)NC(Cc3ccccc3)C(=O)NC3CC3)CC2=O)c1. The second-order valence-electron chi connectivity index (χ2n) is 8.48. The van der Waals surface area contributed by atoms with Crippen LogP contribution in [0.5, 0.6) is 11.5 Å². The number of rotatable bonds is 9. The first-order chi connectivity index (χ1) is 16.0. The van der Waals surface area contributed by atoms with Gasteiger partial charge in [-0.2, -0.15) is 0 Å². The number of benzene rings is 2. The van der Waals surface area contributed by atoms with Crippen LogP contribution in [0.15, 0.2) is 48.5 Å². The van der Waals surface area contributed by atoms with Gasteiger partial charge in [0.05, 0.1) is 25.8 Å². The molecule has 0 aromatic heterocycles. The Morgan fingerprint density at radius 3 is 2.52 bits per heavy atom. The molecule has 4 rings (SSSR count). The van der Waals surface area contributed by atoms with Crippen molar-refractivity contribution in [3.8, 4) is 11.5 Å².